The molecule has 2 rings (SSSR count). The first-order valence-corrected chi connectivity index (χ1v) is 41.7. The summed E-state index contributed by atoms with van der Waals surface area (Å²) in [5, 5.41) is 125. The summed E-state index contributed by atoms with van der Waals surface area (Å²) in [4.78, 5) is 241. The molecular formula is C77H130N30O22. The van der Waals surface area contributed by atoms with Gasteiger partial charge in [-0.15, -0.1) is 0 Å². The van der Waals surface area contributed by atoms with Crippen LogP contribution in [0.3, 0.4) is 0 Å². The molecule has 0 unspecified atom stereocenters. The molecule has 0 fully saturated rings. The first kappa shape index (κ1) is 111. The number of aliphatic carboxylic acids is 3. The van der Waals surface area contributed by atoms with E-state index in [1.807, 2.05) is 0 Å². The Morgan fingerprint density at radius 2 is 0.729 bits per heavy atom. The number of unbranched alkanes of at least 4 members (excludes halogenated alkanes) is 1. The zero-order chi connectivity index (χ0) is 97.2. The van der Waals surface area contributed by atoms with Crippen LogP contribution in [0, 0.1) is 33.5 Å². The summed E-state index contributed by atoms with van der Waals surface area (Å²) in [7, 11) is 0. The van der Waals surface area contributed by atoms with Crippen molar-refractivity contribution >= 4 is 124 Å². The Labute approximate surface area is 743 Å². The van der Waals surface area contributed by atoms with E-state index in [0.29, 0.717) is 11.3 Å². The molecule has 1 aromatic heterocycles. The number of carbonyl (C=O) groups is 17. The fraction of sp³-hybridized carbons (Fsp3) is 0.610. The highest BCUT2D eigenvalue weighted by atomic mass is 16.4. The standard InChI is InChI=1S/C77H130N30O22/c1-38(2)30-53(73(128)129)104-70(125)54(35-108)106-72(127)58(39(3)4)107-71(126)55(36-109)105-66(121)49(22-15-29-92-77(86)87)101-62(117)45(18-10-11-25-78)98-64(119)47(20-13-27-90-75(82)83)100-65(120)48(21-14-28-91-76(84)85)99-63(118)46(19-12-26-89-74(80)81)96-60(115)41(6)95-68(123)51(31-42-16-8-7-9-17-42)102-69(124)52(33-57(112)113)103-67(122)50(23-24-56(110)111)97-59(114)40(5)94-61(116)44(79)32-43-34-88-37-93-43/h7-9,16-17,34,37-41,44-55,58,108-109H,10-15,18-33,35-36,78-79H2,1-6H3,(H,88,93)(H,94,116)(H,95,123)(H,96,115)(H,97,114)(H,98,119)(H,99,118)(H,100,120)(H,101,117)(H,102,124)(H,103,122)(H,104,125)(H,105,121)(H,106,127)(H,107,126)(H,110,111)(H,112,113)(H,128,129)(H4,80,81,89)(H4,82,83,90)(H4,84,85,91)(H4,86,87,92)/t40-,41-,44-,45-,46-,47-,48-,49-,50-,51-,52-,53-,54-,55-,58-/m0/s1. The molecule has 1 aromatic carbocycles. The number of amides is 14. The van der Waals surface area contributed by atoms with Gasteiger partial charge in [0.1, 0.15) is 84.6 Å². The third-order valence-corrected chi connectivity index (χ3v) is 19.3. The minimum atomic E-state index is -2.06. The van der Waals surface area contributed by atoms with Gasteiger partial charge in [0.2, 0.25) is 82.7 Å². The number of carbonyl (C=O) groups excluding carboxylic acids is 14. The lowest BCUT2D eigenvalue weighted by Crippen LogP contribution is -2.62. The van der Waals surface area contributed by atoms with E-state index in [-0.39, 0.29) is 129 Å². The lowest BCUT2D eigenvalue weighted by Gasteiger charge is -2.29. The van der Waals surface area contributed by atoms with Crippen LogP contribution in [0.5, 0.6) is 0 Å². The van der Waals surface area contributed by atoms with Gasteiger partial charge in [-0.3, -0.25) is 98.3 Å². The van der Waals surface area contributed by atoms with Gasteiger partial charge >= 0.3 is 17.9 Å². The van der Waals surface area contributed by atoms with E-state index in [1.165, 1.54) is 40.2 Å². The molecule has 720 valence electrons. The molecular weight excluding hydrogens is 1700 g/mol. The number of guanidine groups is 4. The van der Waals surface area contributed by atoms with Crippen molar-refractivity contribution in [3.05, 3.63) is 54.1 Å². The Bertz CT molecular complexity index is 4090. The number of carboxylic acids is 3. The second-order valence-electron chi connectivity index (χ2n) is 31.0. The van der Waals surface area contributed by atoms with Crippen molar-refractivity contribution in [1.29, 1.82) is 21.6 Å². The summed E-state index contributed by atoms with van der Waals surface area (Å²) in [6, 6.07) is -16.6. The number of carboxylic acid groups (broad SMARTS) is 3. The fourth-order valence-corrected chi connectivity index (χ4v) is 12.3. The number of aromatic amines is 1. The van der Waals surface area contributed by atoms with Crippen LogP contribution in [-0.2, 0) is 94.3 Å². The molecule has 0 radical (unpaired) electrons. The van der Waals surface area contributed by atoms with Gasteiger partial charge in [-0.2, -0.15) is 0 Å². The third-order valence-electron chi connectivity index (χ3n) is 19.3. The monoisotopic (exact) mass is 1830 g/mol. The number of hydrogen-bond donors (Lipinski definition) is 34. The van der Waals surface area contributed by atoms with Crippen LogP contribution in [-0.4, -0.2) is 297 Å². The topological polar surface area (TPSA) is 888 Å². The maximum atomic E-state index is 14.9. The largest absolute Gasteiger partial charge is 0.481 e. The van der Waals surface area contributed by atoms with E-state index < -0.39 is 253 Å². The average Bonchev–Trinajstić information content (AvgIpc) is 1.15. The molecule has 0 aliphatic heterocycles. The van der Waals surface area contributed by atoms with E-state index >= 15 is 0 Å². The Kier molecular flexibility index (Phi) is 51.2. The van der Waals surface area contributed by atoms with Gasteiger partial charge < -0.3 is 161 Å². The molecule has 0 aliphatic carbocycles. The number of nitrogens with zero attached hydrogens (tertiary/aromatic N) is 1. The zero-order valence-corrected chi connectivity index (χ0v) is 72.9. The predicted octanol–water partition coefficient (Wildman–Crippen LogP) is -10.4. The van der Waals surface area contributed by atoms with Crippen LogP contribution in [0.25, 0.3) is 0 Å². The van der Waals surface area contributed by atoms with E-state index in [1.54, 1.807) is 44.2 Å². The first-order chi connectivity index (χ1) is 60.8. The van der Waals surface area contributed by atoms with E-state index in [2.05, 4.69) is 106 Å². The Balaban J connectivity index is 2.64. The molecule has 40 N–H and O–H groups in total. The van der Waals surface area contributed by atoms with Gasteiger partial charge in [-0.25, -0.2) is 9.78 Å². The van der Waals surface area contributed by atoms with Gasteiger partial charge in [0.25, 0.3) is 0 Å². The van der Waals surface area contributed by atoms with Crippen molar-refractivity contribution in [1.82, 2.24) is 106 Å². The molecule has 14 amide bonds. The minimum absolute atomic E-state index is 0.00416. The number of aliphatic hydroxyl groups is 2. The van der Waals surface area contributed by atoms with Crippen molar-refractivity contribution in [3.63, 3.8) is 0 Å². The van der Waals surface area contributed by atoms with E-state index in [9.17, 15) is 107 Å². The summed E-state index contributed by atoms with van der Waals surface area (Å²) in [6.45, 7) is 6.43. The summed E-state index contributed by atoms with van der Waals surface area (Å²) in [6.07, 6.45) is -1.27. The molecule has 129 heavy (non-hydrogen) atoms. The maximum absolute atomic E-state index is 14.9. The van der Waals surface area contributed by atoms with Gasteiger partial charge in [-0.05, 0) is 121 Å². The van der Waals surface area contributed by atoms with Crippen molar-refractivity contribution in [2.45, 2.75) is 241 Å². The van der Waals surface area contributed by atoms with Gasteiger partial charge in [0.05, 0.1) is 32.0 Å². The summed E-state index contributed by atoms with van der Waals surface area (Å²) in [5.74, 6) is -22.6. The van der Waals surface area contributed by atoms with E-state index in [4.69, 9.17) is 56.0 Å². The number of benzene rings is 1. The zero-order valence-electron chi connectivity index (χ0n) is 72.9. The van der Waals surface area contributed by atoms with Crippen molar-refractivity contribution in [3.8, 4) is 0 Å². The molecule has 52 nitrogen and oxygen atoms in total. The van der Waals surface area contributed by atoms with Crippen LogP contribution < -0.4 is 130 Å². The minimum Gasteiger partial charge on any atom is -0.481 e. The maximum Gasteiger partial charge on any atom is 0.326 e. The molecule has 0 saturated carbocycles. The number of rotatable bonds is 63. The van der Waals surface area contributed by atoms with Gasteiger partial charge in [0, 0.05) is 57.3 Å². The highest BCUT2D eigenvalue weighted by Crippen LogP contribution is 2.14. The molecule has 1 heterocycles. The summed E-state index contributed by atoms with van der Waals surface area (Å²) in [5.41, 5.74) is 34.9. The molecule has 0 saturated heterocycles. The SMILES string of the molecule is CC(C)C[C@H](NC(=O)[C@H](CO)NC(=O)[C@@H](NC(=O)[C@H](CO)NC(=O)[C@H](CCCNC(=N)N)NC(=O)[C@H](CCCCN)NC(=O)[C@H](CCCNC(=N)N)NC(=O)[C@H](CCCNC(=N)N)NC(=O)[C@H](CCCNC(=N)N)NC(=O)[C@H](C)NC(=O)[C@H](Cc1ccccc1)NC(=O)[C@H](CC(=O)O)NC(=O)[C@H](CCC(=O)O)NC(=O)[C@H](C)NC(=O)[C@@H](N)Cc1cnc[nH]1)C(C)C)C(=O)O. The second kappa shape index (κ2) is 59.3. The van der Waals surface area contributed by atoms with Crippen LogP contribution >= 0.6 is 0 Å². The summed E-state index contributed by atoms with van der Waals surface area (Å²) >= 11 is 0. The van der Waals surface area contributed by atoms with E-state index in [0.717, 1.165) is 0 Å². The van der Waals surface area contributed by atoms with Crippen LogP contribution in [0.2, 0.25) is 0 Å². The summed E-state index contributed by atoms with van der Waals surface area (Å²) < 4.78 is 0. The van der Waals surface area contributed by atoms with Crippen molar-refractivity contribution in [2.24, 2.45) is 46.2 Å². The molecule has 52 heteroatoms. The number of nitrogens with one attached hydrogen (secondary N) is 23. The quantitative estimate of drug-likeness (QED) is 0.0166. The molecule has 0 aliphatic rings. The number of H-pyrrole nitrogens is 1. The highest BCUT2D eigenvalue weighted by Gasteiger charge is 2.39. The van der Waals surface area contributed by atoms with Crippen LogP contribution in [0.4, 0.5) is 0 Å². The van der Waals surface area contributed by atoms with Gasteiger partial charge in [0.15, 0.2) is 23.8 Å². The molecule has 2 aromatic rings. The second-order valence-corrected chi connectivity index (χ2v) is 31.0. The Morgan fingerprint density at radius 1 is 0.388 bits per heavy atom. The van der Waals surface area contributed by atoms with Gasteiger partial charge in [-0.1, -0.05) is 58.0 Å². The predicted molar refractivity (Wildman–Crippen MR) is 464 cm³/mol. The Hall–Kier alpha value is -13.7. The van der Waals surface area contributed by atoms with Crippen LogP contribution in [0.15, 0.2) is 42.9 Å². The Morgan fingerprint density at radius 3 is 1.09 bits per heavy atom. The lowest BCUT2D eigenvalue weighted by molar-refractivity contribution is -0.143. The number of nitrogens with two attached hydrogens (primary N) is 6. The van der Waals surface area contributed by atoms with Crippen molar-refractivity contribution < 1.29 is 107 Å². The smallest absolute Gasteiger partial charge is 0.326 e. The average molecular weight is 1830 g/mol. The van der Waals surface area contributed by atoms with Crippen molar-refractivity contribution in [2.75, 3.05) is 45.9 Å². The normalized spacial score (nSPS) is 14.5. The highest BCUT2D eigenvalue weighted by molar-refractivity contribution is 6.01. The number of aromatic nitrogens is 2. The lowest BCUT2D eigenvalue weighted by atomic mass is 10.0. The molecule has 15 atom stereocenters. The fourth-order valence-electron chi connectivity index (χ4n) is 12.3. The number of aliphatic hydroxyl groups excluding tert-OH is 2. The molecule has 0 bridgehead atoms. The number of hydrogen-bond acceptors (Lipinski definition) is 26. The molecule has 0 spiro atoms. The van der Waals surface area contributed by atoms with Crippen LogP contribution in [0.1, 0.15) is 149 Å². The number of imidazole rings is 1. The first-order valence-electron chi connectivity index (χ1n) is 41.7. The third kappa shape index (κ3) is 44.9.